The number of ketones is 1. The Balaban J connectivity index is 2.08. The molecule has 0 fully saturated rings. The van der Waals surface area contributed by atoms with Gasteiger partial charge in [-0.3, -0.25) is 4.79 Å². The van der Waals surface area contributed by atoms with Gasteiger partial charge in [-0.05, 0) is 11.6 Å². The number of carbonyl (C=O) groups is 1. The molecule has 0 saturated carbocycles. The van der Waals surface area contributed by atoms with Gasteiger partial charge in [0.25, 0.3) is 0 Å². The van der Waals surface area contributed by atoms with E-state index in [0.29, 0.717) is 5.56 Å². The minimum absolute atomic E-state index is 0.0719. The van der Waals surface area contributed by atoms with Crippen LogP contribution in [-0.4, -0.2) is 20.5 Å². The normalized spacial score (nSPS) is 10.8. The molecule has 0 aliphatic carbocycles. The van der Waals surface area contributed by atoms with E-state index in [-0.39, 0.29) is 24.6 Å². The average molecular weight is 275 g/mol. The van der Waals surface area contributed by atoms with Gasteiger partial charge in [0.15, 0.2) is 11.6 Å². The topological polar surface area (TPSA) is 47.8 Å². The standard InChI is InChI=1S/C15H18FN3O/c1-3-14-17-15(4-2)19(18-14)10-12(20)9-11-7-5-6-8-13(11)16/h5-8H,3-4,9-10H2,1-2H3. The van der Waals surface area contributed by atoms with E-state index in [1.165, 1.54) is 6.07 Å². The number of hydrogen-bond donors (Lipinski definition) is 0. The van der Waals surface area contributed by atoms with Crippen molar-refractivity contribution in [1.29, 1.82) is 0 Å². The maximum atomic E-state index is 13.5. The van der Waals surface area contributed by atoms with Gasteiger partial charge < -0.3 is 0 Å². The van der Waals surface area contributed by atoms with E-state index < -0.39 is 0 Å². The van der Waals surface area contributed by atoms with Crippen molar-refractivity contribution in [1.82, 2.24) is 14.8 Å². The molecule has 0 bridgehead atoms. The van der Waals surface area contributed by atoms with Crippen LogP contribution < -0.4 is 0 Å². The van der Waals surface area contributed by atoms with Crippen LogP contribution in [0.4, 0.5) is 4.39 Å². The Hall–Kier alpha value is -2.04. The molecule has 0 N–H and O–H groups in total. The number of rotatable bonds is 6. The first-order valence-electron chi connectivity index (χ1n) is 6.81. The fourth-order valence-corrected chi connectivity index (χ4v) is 2.04. The summed E-state index contributed by atoms with van der Waals surface area (Å²) in [5.74, 6) is 1.12. The lowest BCUT2D eigenvalue weighted by atomic mass is 10.1. The van der Waals surface area contributed by atoms with Crippen LogP contribution in [0.1, 0.15) is 31.1 Å². The smallest absolute Gasteiger partial charge is 0.158 e. The molecule has 1 aromatic carbocycles. The van der Waals surface area contributed by atoms with Crippen molar-refractivity contribution in [3.8, 4) is 0 Å². The number of benzene rings is 1. The summed E-state index contributed by atoms with van der Waals surface area (Å²) in [6.07, 6.45) is 1.54. The molecule has 0 unspecified atom stereocenters. The zero-order valence-electron chi connectivity index (χ0n) is 11.8. The molecular formula is C15H18FN3O. The molecule has 5 heteroatoms. The van der Waals surface area contributed by atoms with Crippen molar-refractivity contribution in [2.24, 2.45) is 0 Å². The highest BCUT2D eigenvalue weighted by Gasteiger charge is 2.13. The van der Waals surface area contributed by atoms with Crippen LogP contribution in [0, 0.1) is 5.82 Å². The molecule has 1 heterocycles. The second kappa shape index (κ2) is 6.41. The number of carbonyl (C=O) groups excluding carboxylic acids is 1. The van der Waals surface area contributed by atoms with Gasteiger partial charge in [-0.2, -0.15) is 5.10 Å². The molecule has 0 aliphatic heterocycles. The third-order valence-corrected chi connectivity index (χ3v) is 3.10. The highest BCUT2D eigenvalue weighted by molar-refractivity contribution is 5.80. The Kier molecular flexibility index (Phi) is 4.61. The molecule has 4 nitrogen and oxygen atoms in total. The SMILES string of the molecule is CCc1nc(CC)n(CC(=O)Cc2ccccc2F)n1. The molecule has 0 atom stereocenters. The zero-order valence-corrected chi connectivity index (χ0v) is 11.8. The second-order valence-electron chi connectivity index (χ2n) is 4.62. The first-order chi connectivity index (χ1) is 9.63. The average Bonchev–Trinajstić information content (AvgIpc) is 2.83. The number of nitrogens with zero attached hydrogens (tertiary/aromatic N) is 3. The highest BCUT2D eigenvalue weighted by Crippen LogP contribution is 2.09. The number of aryl methyl sites for hydroxylation is 2. The lowest BCUT2D eigenvalue weighted by molar-refractivity contribution is -0.119. The van der Waals surface area contributed by atoms with Crippen LogP contribution in [0.15, 0.2) is 24.3 Å². The fourth-order valence-electron chi connectivity index (χ4n) is 2.04. The lowest BCUT2D eigenvalue weighted by Crippen LogP contribution is -2.16. The van der Waals surface area contributed by atoms with Crippen molar-refractivity contribution in [2.45, 2.75) is 39.7 Å². The minimum Gasteiger partial charge on any atom is -0.297 e. The Morgan fingerprint density at radius 2 is 2.00 bits per heavy atom. The van der Waals surface area contributed by atoms with E-state index in [0.717, 1.165) is 24.5 Å². The first-order valence-corrected chi connectivity index (χ1v) is 6.81. The second-order valence-corrected chi connectivity index (χ2v) is 4.62. The minimum atomic E-state index is -0.343. The predicted molar refractivity (Wildman–Crippen MR) is 73.9 cm³/mol. The third-order valence-electron chi connectivity index (χ3n) is 3.10. The summed E-state index contributed by atoms with van der Waals surface area (Å²) in [6.45, 7) is 4.09. The van der Waals surface area contributed by atoms with Crippen LogP contribution in [0.3, 0.4) is 0 Å². The molecule has 1 aromatic heterocycles. The largest absolute Gasteiger partial charge is 0.297 e. The molecule has 0 amide bonds. The van der Waals surface area contributed by atoms with Crippen LogP contribution >= 0.6 is 0 Å². The van der Waals surface area contributed by atoms with Crippen LogP contribution in [0.2, 0.25) is 0 Å². The Bertz CT molecular complexity index is 607. The van der Waals surface area contributed by atoms with Crippen molar-refractivity contribution in [3.05, 3.63) is 47.3 Å². The van der Waals surface area contributed by atoms with Crippen LogP contribution in [-0.2, 0) is 30.6 Å². The fraction of sp³-hybridized carbons (Fsp3) is 0.400. The van der Waals surface area contributed by atoms with Gasteiger partial charge in [0, 0.05) is 19.3 Å². The van der Waals surface area contributed by atoms with Gasteiger partial charge in [-0.25, -0.2) is 14.1 Å². The van der Waals surface area contributed by atoms with E-state index in [4.69, 9.17) is 0 Å². The van der Waals surface area contributed by atoms with Gasteiger partial charge in [-0.15, -0.1) is 0 Å². The summed E-state index contributed by atoms with van der Waals surface area (Å²) < 4.78 is 15.1. The van der Waals surface area contributed by atoms with Crippen molar-refractivity contribution in [3.63, 3.8) is 0 Å². The highest BCUT2D eigenvalue weighted by atomic mass is 19.1. The molecular weight excluding hydrogens is 257 g/mol. The van der Waals surface area contributed by atoms with Gasteiger partial charge in [0.1, 0.15) is 18.2 Å². The van der Waals surface area contributed by atoms with Gasteiger partial charge in [0.05, 0.1) is 0 Å². The van der Waals surface area contributed by atoms with E-state index in [1.54, 1.807) is 22.9 Å². The molecule has 0 spiro atoms. The van der Waals surface area contributed by atoms with Gasteiger partial charge in [0.2, 0.25) is 0 Å². The van der Waals surface area contributed by atoms with E-state index in [1.807, 2.05) is 13.8 Å². The summed E-state index contributed by atoms with van der Waals surface area (Å²) in [4.78, 5) is 16.4. The molecule has 0 aliphatic rings. The van der Waals surface area contributed by atoms with Crippen molar-refractivity contribution < 1.29 is 9.18 Å². The summed E-state index contributed by atoms with van der Waals surface area (Å²) >= 11 is 0. The van der Waals surface area contributed by atoms with Crippen LogP contribution in [0.5, 0.6) is 0 Å². The summed E-state index contributed by atoms with van der Waals surface area (Å²) in [7, 11) is 0. The monoisotopic (exact) mass is 275 g/mol. The number of aromatic nitrogens is 3. The van der Waals surface area contributed by atoms with Gasteiger partial charge in [-0.1, -0.05) is 32.0 Å². The molecule has 0 radical (unpaired) electrons. The molecule has 106 valence electrons. The van der Waals surface area contributed by atoms with E-state index >= 15 is 0 Å². The number of hydrogen-bond acceptors (Lipinski definition) is 3. The van der Waals surface area contributed by atoms with Crippen LogP contribution in [0.25, 0.3) is 0 Å². The Morgan fingerprint density at radius 3 is 2.65 bits per heavy atom. The number of halogens is 1. The van der Waals surface area contributed by atoms with E-state index in [2.05, 4.69) is 10.1 Å². The Morgan fingerprint density at radius 1 is 1.25 bits per heavy atom. The van der Waals surface area contributed by atoms with Crippen molar-refractivity contribution in [2.75, 3.05) is 0 Å². The Labute approximate surface area is 117 Å². The van der Waals surface area contributed by atoms with Gasteiger partial charge >= 0.3 is 0 Å². The third kappa shape index (κ3) is 3.29. The first kappa shape index (κ1) is 14.4. The summed E-state index contributed by atoms with van der Waals surface area (Å²) in [5.41, 5.74) is 0.423. The summed E-state index contributed by atoms with van der Waals surface area (Å²) in [5, 5.41) is 4.29. The molecule has 0 saturated heterocycles. The lowest BCUT2D eigenvalue weighted by Gasteiger charge is -2.05. The molecule has 2 aromatic rings. The van der Waals surface area contributed by atoms with Crippen molar-refractivity contribution >= 4 is 5.78 Å². The molecule has 2 rings (SSSR count). The van der Waals surface area contributed by atoms with E-state index in [9.17, 15) is 9.18 Å². The maximum absolute atomic E-state index is 13.5. The maximum Gasteiger partial charge on any atom is 0.158 e. The number of Topliss-reactive ketones (excluding diaryl/α,β-unsaturated/α-hetero) is 1. The quantitative estimate of drug-likeness (QED) is 0.813. The molecule has 20 heavy (non-hydrogen) atoms. The zero-order chi connectivity index (χ0) is 14.5. The predicted octanol–water partition coefficient (Wildman–Crippen LogP) is 2.35. The summed E-state index contributed by atoms with van der Waals surface area (Å²) in [6, 6.07) is 6.34.